The van der Waals surface area contributed by atoms with Crippen LogP contribution in [0.5, 0.6) is 0 Å². The second-order valence-corrected chi connectivity index (χ2v) is 12.0. The maximum absolute atomic E-state index is 13.8. The fraction of sp³-hybridized carbons (Fsp3) is 0.792. The molecule has 220 valence electrons. The van der Waals surface area contributed by atoms with E-state index in [1.54, 1.807) is 5.32 Å². The molecule has 2 heterocycles. The fourth-order valence-corrected chi connectivity index (χ4v) is 5.70. The van der Waals surface area contributed by atoms with Gasteiger partial charge in [0.25, 0.3) is 0 Å². The van der Waals surface area contributed by atoms with E-state index in [2.05, 4.69) is 10.6 Å². The van der Waals surface area contributed by atoms with E-state index in [1.807, 2.05) is 0 Å². The molecular weight excluding hydrogens is 533 g/mol. The molecule has 4 atom stereocenters. The van der Waals surface area contributed by atoms with Crippen LogP contribution in [0, 0.1) is 16.7 Å². The highest BCUT2D eigenvalue weighted by molar-refractivity contribution is 5.95. The first kappa shape index (κ1) is 30.5. The predicted molar refractivity (Wildman–Crippen MR) is 126 cm³/mol. The Morgan fingerprint density at radius 3 is 2.21 bits per heavy atom. The third-order valence-electron chi connectivity index (χ3n) is 7.73. The molecule has 1 saturated carbocycles. The van der Waals surface area contributed by atoms with Crippen LogP contribution in [0.1, 0.15) is 59.3 Å². The number of likely N-dealkylation sites (tertiary alicyclic amines) is 1. The minimum Gasteiger partial charge on any atom is -0.368 e. The molecule has 5 amide bonds. The number of nitrogens with zero attached hydrogens (tertiary/aromatic N) is 1. The van der Waals surface area contributed by atoms with Gasteiger partial charge in [0.2, 0.25) is 29.6 Å². The van der Waals surface area contributed by atoms with Gasteiger partial charge in [-0.15, -0.1) is 0 Å². The first-order chi connectivity index (χ1) is 17.7. The average molecular weight is 568 g/mol. The number of amides is 5. The maximum atomic E-state index is 13.8. The van der Waals surface area contributed by atoms with Crippen molar-refractivity contribution < 1.29 is 45.9 Å². The van der Waals surface area contributed by atoms with E-state index in [0.717, 1.165) is 4.90 Å². The topological polar surface area (TPSA) is 151 Å². The van der Waals surface area contributed by atoms with Crippen molar-refractivity contribution in [2.24, 2.45) is 22.5 Å². The van der Waals surface area contributed by atoms with Crippen molar-refractivity contribution in [3.05, 3.63) is 0 Å². The van der Waals surface area contributed by atoms with Crippen molar-refractivity contribution in [1.29, 1.82) is 0 Å². The van der Waals surface area contributed by atoms with E-state index < -0.39 is 83.4 Å². The molecule has 0 bridgehead atoms. The highest BCUT2D eigenvalue weighted by atomic mass is 19.4. The second-order valence-electron chi connectivity index (χ2n) is 12.0. The Morgan fingerprint density at radius 1 is 1.13 bits per heavy atom. The Hall–Kier alpha value is -3.00. The Kier molecular flexibility index (Phi) is 8.24. The van der Waals surface area contributed by atoms with Gasteiger partial charge >= 0.3 is 12.1 Å². The van der Waals surface area contributed by atoms with Crippen LogP contribution in [0.25, 0.3) is 0 Å². The number of primary amides is 1. The molecule has 39 heavy (non-hydrogen) atoms. The van der Waals surface area contributed by atoms with Crippen LogP contribution in [0.4, 0.5) is 22.0 Å². The van der Waals surface area contributed by atoms with Crippen LogP contribution in [-0.4, -0.2) is 77.7 Å². The van der Waals surface area contributed by atoms with Crippen molar-refractivity contribution in [2.75, 3.05) is 13.1 Å². The number of piperidine rings is 1. The summed E-state index contributed by atoms with van der Waals surface area (Å²) in [5, 5.41) is 6.72. The first-order valence-electron chi connectivity index (χ1n) is 12.7. The summed E-state index contributed by atoms with van der Waals surface area (Å²) in [6.45, 7) is 4.43. The van der Waals surface area contributed by atoms with Gasteiger partial charge in [0.15, 0.2) is 0 Å². The van der Waals surface area contributed by atoms with Gasteiger partial charge in [0.1, 0.15) is 18.1 Å². The lowest BCUT2D eigenvalue weighted by atomic mass is 9.59. The molecule has 3 fully saturated rings. The maximum Gasteiger partial charge on any atom is 0.471 e. The van der Waals surface area contributed by atoms with Crippen molar-refractivity contribution >= 4 is 29.5 Å². The standard InChI is InChI=1S/C24H34F5N5O5/c1-21(2,3)15(33-20(39)24(27,28)29)19(38)34-7-5-22(10-23(25,26)11-22)9-14(34)18(37)32-13(16(30)35)8-12-4-6-31-17(12)36/h12-15H,4-11H2,1-3H3,(H2,30,35)(H,31,36)(H,32,37)(H,33,39). The summed E-state index contributed by atoms with van der Waals surface area (Å²) in [6, 6.07) is -4.44. The summed E-state index contributed by atoms with van der Waals surface area (Å²) in [5.41, 5.74) is 3.24. The molecule has 1 aliphatic carbocycles. The molecule has 5 N–H and O–H groups in total. The van der Waals surface area contributed by atoms with Gasteiger partial charge in [0, 0.05) is 31.8 Å². The van der Waals surface area contributed by atoms with Gasteiger partial charge in [0.05, 0.1) is 0 Å². The Labute approximate surface area is 222 Å². The first-order valence-corrected chi connectivity index (χ1v) is 12.7. The van der Waals surface area contributed by atoms with E-state index in [9.17, 15) is 45.9 Å². The fourth-order valence-electron chi connectivity index (χ4n) is 5.70. The van der Waals surface area contributed by atoms with E-state index in [0.29, 0.717) is 13.0 Å². The molecule has 4 unspecified atom stereocenters. The normalized spacial score (nSPS) is 25.7. The monoisotopic (exact) mass is 567 g/mol. The van der Waals surface area contributed by atoms with E-state index >= 15 is 0 Å². The minimum atomic E-state index is -5.27. The van der Waals surface area contributed by atoms with E-state index in [4.69, 9.17) is 5.73 Å². The Bertz CT molecular complexity index is 1020. The summed E-state index contributed by atoms with van der Waals surface area (Å²) >= 11 is 0. The molecule has 0 aromatic carbocycles. The highest BCUT2D eigenvalue weighted by Gasteiger charge is 2.60. The second kappa shape index (κ2) is 10.5. The lowest BCUT2D eigenvalue weighted by molar-refractivity contribution is -0.191. The molecule has 1 spiro atoms. The molecule has 2 aliphatic heterocycles. The average Bonchev–Trinajstić information content (AvgIpc) is 3.17. The van der Waals surface area contributed by atoms with Crippen LogP contribution in [0.15, 0.2) is 0 Å². The molecule has 3 aliphatic rings. The Balaban J connectivity index is 1.87. The third kappa shape index (κ3) is 6.96. The summed E-state index contributed by atoms with van der Waals surface area (Å²) in [4.78, 5) is 63.8. The third-order valence-corrected chi connectivity index (χ3v) is 7.73. The number of carbonyl (C=O) groups is 5. The van der Waals surface area contributed by atoms with Gasteiger partial charge in [-0.05, 0) is 36.5 Å². The number of halogens is 5. The minimum absolute atomic E-state index is 0.0731. The highest BCUT2D eigenvalue weighted by Crippen LogP contribution is 2.58. The number of carbonyl (C=O) groups excluding carboxylic acids is 5. The summed E-state index contributed by atoms with van der Waals surface area (Å²) in [6.07, 6.45) is -6.20. The molecule has 2 saturated heterocycles. The largest absolute Gasteiger partial charge is 0.471 e. The van der Waals surface area contributed by atoms with Crippen LogP contribution in [0.2, 0.25) is 0 Å². The zero-order chi connectivity index (χ0) is 29.6. The molecule has 0 aromatic heterocycles. The number of hydrogen-bond acceptors (Lipinski definition) is 5. The molecule has 15 heteroatoms. The number of alkyl halides is 5. The zero-order valence-electron chi connectivity index (χ0n) is 21.9. The molecular formula is C24H34F5N5O5. The molecule has 0 radical (unpaired) electrons. The van der Waals surface area contributed by atoms with E-state index in [-0.39, 0.29) is 31.7 Å². The van der Waals surface area contributed by atoms with Gasteiger partial charge in [-0.2, -0.15) is 13.2 Å². The quantitative estimate of drug-likeness (QED) is 0.338. The van der Waals surface area contributed by atoms with Gasteiger partial charge in [-0.1, -0.05) is 20.8 Å². The van der Waals surface area contributed by atoms with E-state index in [1.165, 1.54) is 20.8 Å². The smallest absolute Gasteiger partial charge is 0.368 e. The molecule has 3 rings (SSSR count). The Morgan fingerprint density at radius 2 is 1.74 bits per heavy atom. The lowest BCUT2D eigenvalue weighted by Crippen LogP contribution is -2.66. The van der Waals surface area contributed by atoms with Gasteiger partial charge in [-0.25, -0.2) is 8.78 Å². The SMILES string of the molecule is CC(C)(C)C(NC(=O)C(F)(F)F)C(=O)N1CCC2(CC1C(=O)NC(CC1CCNC1=O)C(N)=O)CC(F)(F)C2. The van der Waals surface area contributed by atoms with Gasteiger partial charge in [-0.3, -0.25) is 24.0 Å². The van der Waals surface area contributed by atoms with Crippen LogP contribution in [-0.2, 0) is 24.0 Å². The molecule has 0 aromatic rings. The van der Waals surface area contributed by atoms with Crippen molar-refractivity contribution in [3.63, 3.8) is 0 Å². The predicted octanol–water partition coefficient (Wildman–Crippen LogP) is 0.982. The number of nitrogens with one attached hydrogen (secondary N) is 3. The van der Waals surface area contributed by atoms with Crippen molar-refractivity contribution in [1.82, 2.24) is 20.9 Å². The van der Waals surface area contributed by atoms with Crippen LogP contribution in [0.3, 0.4) is 0 Å². The summed E-state index contributed by atoms with van der Waals surface area (Å²) in [5.74, 6) is -9.07. The van der Waals surface area contributed by atoms with Gasteiger partial charge < -0.3 is 26.6 Å². The van der Waals surface area contributed by atoms with Crippen molar-refractivity contribution in [3.8, 4) is 0 Å². The number of rotatable bonds is 7. The van der Waals surface area contributed by atoms with Crippen LogP contribution >= 0.6 is 0 Å². The number of hydrogen-bond donors (Lipinski definition) is 4. The lowest BCUT2D eigenvalue weighted by Gasteiger charge is -2.54. The van der Waals surface area contributed by atoms with Crippen molar-refractivity contribution in [2.45, 2.75) is 89.5 Å². The number of nitrogens with two attached hydrogens (primary N) is 1. The van der Waals surface area contributed by atoms with Crippen LogP contribution < -0.4 is 21.7 Å². The molecule has 10 nitrogen and oxygen atoms in total. The summed E-state index contributed by atoms with van der Waals surface area (Å²) < 4.78 is 66.7. The zero-order valence-corrected chi connectivity index (χ0v) is 21.9. The summed E-state index contributed by atoms with van der Waals surface area (Å²) in [7, 11) is 0.